The van der Waals surface area contributed by atoms with Crippen molar-refractivity contribution in [3.63, 3.8) is 0 Å². The lowest BCUT2D eigenvalue weighted by Crippen LogP contribution is -2.56. The van der Waals surface area contributed by atoms with Crippen LogP contribution in [-0.2, 0) is 6.54 Å². The minimum Gasteiger partial charge on any atom is -0.340 e. The van der Waals surface area contributed by atoms with E-state index in [0.717, 1.165) is 45.7 Å². The fourth-order valence-corrected chi connectivity index (χ4v) is 5.26. The first-order chi connectivity index (χ1) is 14.7. The van der Waals surface area contributed by atoms with E-state index in [1.54, 1.807) is 0 Å². The summed E-state index contributed by atoms with van der Waals surface area (Å²) >= 11 is 4.67. The highest BCUT2D eigenvalue weighted by atomic mass is 32.1. The number of thiocarbonyl (C=S) groups is 1. The van der Waals surface area contributed by atoms with Crippen molar-refractivity contribution in [2.75, 3.05) is 32.7 Å². The Kier molecular flexibility index (Phi) is 6.96. The highest BCUT2D eigenvalue weighted by molar-refractivity contribution is 7.78. The summed E-state index contributed by atoms with van der Waals surface area (Å²) in [5.74, 6) is 0. The molecule has 0 amide bonds. The van der Waals surface area contributed by atoms with Gasteiger partial charge in [0.2, 0.25) is 0 Å². The van der Waals surface area contributed by atoms with Crippen molar-refractivity contribution in [1.29, 1.82) is 0 Å². The lowest BCUT2D eigenvalue weighted by atomic mass is 10.1. The molecule has 1 saturated heterocycles. The molecule has 1 aromatic heterocycles. The number of isothiocyanates is 1. The molecule has 1 aliphatic rings. The van der Waals surface area contributed by atoms with Crippen LogP contribution in [0.3, 0.4) is 0 Å². The van der Waals surface area contributed by atoms with Gasteiger partial charge in [0.1, 0.15) is 0 Å². The molecule has 30 heavy (non-hydrogen) atoms. The van der Waals surface area contributed by atoms with Gasteiger partial charge in [-0.3, -0.25) is 4.90 Å². The second-order valence-corrected chi connectivity index (χ2v) is 8.74. The van der Waals surface area contributed by atoms with Crippen LogP contribution in [0, 0.1) is 0 Å². The highest BCUT2D eigenvalue weighted by Gasteiger charge is 2.28. The Balaban J connectivity index is 1.37. The van der Waals surface area contributed by atoms with E-state index in [-0.39, 0.29) is 0 Å². The number of aliphatic imine (C=N–C) groups is 1. The third-order valence-electron chi connectivity index (χ3n) is 6.46. The standard InChI is InChI=1S/C25H32N4S/c1-20-17-27(18-21(2)28(20)15-7-13-26-19-30)14-8-16-29-24-11-5-3-9-22(24)23-10-4-6-12-25(23)29/h3-6,9-12,20-21H,7-8,13-18H2,1-2H3/t20-,21+. The molecule has 1 fully saturated rings. The molecular formula is C25H32N4S. The van der Waals surface area contributed by atoms with Crippen molar-refractivity contribution in [3.8, 4) is 0 Å². The van der Waals surface area contributed by atoms with E-state index < -0.39 is 0 Å². The van der Waals surface area contributed by atoms with Crippen LogP contribution >= 0.6 is 12.2 Å². The summed E-state index contributed by atoms with van der Waals surface area (Å²) in [5, 5.41) is 5.20. The van der Waals surface area contributed by atoms with Gasteiger partial charge in [-0.25, -0.2) is 4.99 Å². The summed E-state index contributed by atoms with van der Waals surface area (Å²) < 4.78 is 2.50. The SMILES string of the molecule is C[C@@H]1CN(CCCn2c3ccccc3c3ccccc32)C[C@H](C)N1CCCN=C=S. The maximum atomic E-state index is 4.67. The van der Waals surface area contributed by atoms with E-state index >= 15 is 0 Å². The Bertz CT molecular complexity index is 971. The number of nitrogens with zero attached hydrogens (tertiary/aromatic N) is 4. The Hall–Kier alpha value is -2.04. The molecule has 2 aromatic carbocycles. The first-order valence-electron chi connectivity index (χ1n) is 11.2. The maximum Gasteiger partial charge on any atom is 0.0584 e. The van der Waals surface area contributed by atoms with E-state index in [1.165, 1.54) is 28.2 Å². The van der Waals surface area contributed by atoms with Crippen LogP contribution in [-0.4, -0.2) is 64.3 Å². The van der Waals surface area contributed by atoms with Crippen LogP contribution in [0.1, 0.15) is 26.7 Å². The topological polar surface area (TPSA) is 23.8 Å². The van der Waals surface area contributed by atoms with Crippen molar-refractivity contribution in [2.24, 2.45) is 4.99 Å². The zero-order chi connectivity index (χ0) is 20.9. The predicted molar refractivity (Wildman–Crippen MR) is 131 cm³/mol. The quantitative estimate of drug-likeness (QED) is 0.289. The number of hydrogen-bond acceptors (Lipinski definition) is 4. The zero-order valence-electron chi connectivity index (χ0n) is 18.1. The summed E-state index contributed by atoms with van der Waals surface area (Å²) in [5.41, 5.74) is 2.70. The summed E-state index contributed by atoms with van der Waals surface area (Å²) in [7, 11) is 0. The van der Waals surface area contributed by atoms with Crippen molar-refractivity contribution in [2.45, 2.75) is 45.3 Å². The minimum absolute atomic E-state index is 0.582. The summed E-state index contributed by atoms with van der Waals surface area (Å²) in [6, 6.07) is 18.8. The van der Waals surface area contributed by atoms with Crippen LogP contribution in [0.5, 0.6) is 0 Å². The van der Waals surface area contributed by atoms with E-state index in [0.29, 0.717) is 12.1 Å². The molecule has 4 rings (SSSR count). The van der Waals surface area contributed by atoms with Crippen LogP contribution in [0.2, 0.25) is 0 Å². The zero-order valence-corrected chi connectivity index (χ0v) is 18.9. The normalized spacial score (nSPS) is 20.6. The lowest BCUT2D eigenvalue weighted by molar-refractivity contribution is 0.0377. The average molecular weight is 421 g/mol. The fraction of sp³-hybridized carbons (Fsp3) is 0.480. The molecule has 3 aromatic rings. The Morgan fingerprint density at radius 2 is 1.47 bits per heavy atom. The highest BCUT2D eigenvalue weighted by Crippen LogP contribution is 2.29. The molecule has 0 aliphatic carbocycles. The van der Waals surface area contributed by atoms with E-state index in [9.17, 15) is 0 Å². The molecule has 5 heteroatoms. The van der Waals surface area contributed by atoms with Crippen molar-refractivity contribution < 1.29 is 0 Å². The molecule has 0 N–H and O–H groups in total. The first-order valence-corrected chi connectivity index (χ1v) is 11.6. The van der Waals surface area contributed by atoms with Gasteiger partial charge in [0.25, 0.3) is 0 Å². The number of rotatable bonds is 8. The second-order valence-electron chi connectivity index (χ2n) is 8.56. The molecule has 1 aliphatic heterocycles. The molecule has 0 spiro atoms. The van der Waals surface area contributed by atoms with Gasteiger partial charge in [0.05, 0.1) is 11.7 Å². The van der Waals surface area contributed by atoms with E-state index in [1.807, 2.05) is 0 Å². The lowest BCUT2D eigenvalue weighted by Gasteiger charge is -2.44. The van der Waals surface area contributed by atoms with Crippen molar-refractivity contribution in [3.05, 3.63) is 48.5 Å². The van der Waals surface area contributed by atoms with Gasteiger partial charge in [-0.15, -0.1) is 0 Å². The summed E-state index contributed by atoms with van der Waals surface area (Å²) in [4.78, 5) is 9.33. The molecule has 2 atom stereocenters. The maximum absolute atomic E-state index is 4.67. The number of aryl methyl sites for hydroxylation is 1. The van der Waals surface area contributed by atoms with Crippen molar-refractivity contribution in [1.82, 2.24) is 14.4 Å². The number of piperazine rings is 1. The Morgan fingerprint density at radius 3 is 2.07 bits per heavy atom. The van der Waals surface area contributed by atoms with Crippen LogP contribution in [0.25, 0.3) is 21.8 Å². The van der Waals surface area contributed by atoms with Gasteiger partial charge in [-0.1, -0.05) is 36.4 Å². The second kappa shape index (κ2) is 9.84. The van der Waals surface area contributed by atoms with Gasteiger partial charge >= 0.3 is 0 Å². The van der Waals surface area contributed by atoms with Gasteiger partial charge in [-0.2, -0.15) is 0 Å². The summed E-state index contributed by atoms with van der Waals surface area (Å²) in [6.07, 6.45) is 2.23. The molecule has 0 bridgehead atoms. The third-order valence-corrected chi connectivity index (χ3v) is 6.59. The molecule has 0 unspecified atom stereocenters. The molecular weight excluding hydrogens is 388 g/mol. The number of para-hydroxylation sites is 2. The molecule has 0 radical (unpaired) electrons. The van der Waals surface area contributed by atoms with Crippen LogP contribution < -0.4 is 0 Å². The van der Waals surface area contributed by atoms with Crippen molar-refractivity contribution >= 4 is 39.2 Å². The van der Waals surface area contributed by atoms with Gasteiger partial charge in [0, 0.05) is 60.1 Å². The molecule has 158 valence electrons. The predicted octanol–water partition coefficient (Wildman–Crippen LogP) is 5.07. The number of fused-ring (bicyclic) bond motifs is 3. The minimum atomic E-state index is 0.582. The molecule has 4 nitrogen and oxygen atoms in total. The van der Waals surface area contributed by atoms with E-state index in [4.69, 9.17) is 0 Å². The molecule has 2 heterocycles. The fourth-order valence-electron chi connectivity index (χ4n) is 5.16. The number of aromatic nitrogens is 1. The third kappa shape index (κ3) is 4.50. The summed E-state index contributed by atoms with van der Waals surface area (Å²) in [6.45, 7) is 11.1. The van der Waals surface area contributed by atoms with Gasteiger partial charge in [0.15, 0.2) is 0 Å². The number of benzene rings is 2. The van der Waals surface area contributed by atoms with Crippen LogP contribution in [0.15, 0.2) is 53.5 Å². The smallest absolute Gasteiger partial charge is 0.0584 e. The van der Waals surface area contributed by atoms with E-state index in [2.05, 4.69) is 99.1 Å². The van der Waals surface area contributed by atoms with Gasteiger partial charge < -0.3 is 9.47 Å². The first kappa shape index (κ1) is 21.2. The number of hydrogen-bond donors (Lipinski definition) is 0. The van der Waals surface area contributed by atoms with Crippen LogP contribution in [0.4, 0.5) is 0 Å². The average Bonchev–Trinajstić information content (AvgIpc) is 3.07. The monoisotopic (exact) mass is 420 g/mol. The Morgan fingerprint density at radius 1 is 0.867 bits per heavy atom. The largest absolute Gasteiger partial charge is 0.340 e. The Labute approximate surface area is 185 Å². The van der Waals surface area contributed by atoms with Gasteiger partial charge in [-0.05, 0) is 57.6 Å². The molecule has 0 saturated carbocycles.